The molecular formula is C10H10N4O2S. The van der Waals surface area contributed by atoms with Gasteiger partial charge in [-0.3, -0.25) is 15.5 Å². The molecule has 1 aromatic rings. The number of nitrogens with two attached hydrogens (primary N) is 1. The normalized spacial score (nSPS) is 10.8. The Labute approximate surface area is 103 Å². The van der Waals surface area contributed by atoms with Gasteiger partial charge in [0.15, 0.2) is 5.11 Å². The van der Waals surface area contributed by atoms with Gasteiger partial charge in [0.05, 0.1) is 4.92 Å². The number of nitrogens with zero attached hydrogens (tertiary/aromatic N) is 2. The minimum Gasteiger partial charge on any atom is -0.375 e. The summed E-state index contributed by atoms with van der Waals surface area (Å²) in [6, 6.07) is 6.15. The Hall–Kier alpha value is -2.28. The topological polar surface area (TPSA) is 93.5 Å². The van der Waals surface area contributed by atoms with Crippen LogP contribution >= 0.6 is 12.2 Å². The van der Waals surface area contributed by atoms with Crippen molar-refractivity contribution < 1.29 is 4.92 Å². The van der Waals surface area contributed by atoms with E-state index in [1.54, 1.807) is 24.3 Å². The molecule has 1 aromatic carbocycles. The summed E-state index contributed by atoms with van der Waals surface area (Å²) in [6.45, 7) is 0. The molecule has 0 aliphatic rings. The fraction of sp³-hybridized carbons (Fsp3) is 0. The molecule has 7 heteroatoms. The second-order valence-corrected chi connectivity index (χ2v) is 3.40. The fourth-order valence-corrected chi connectivity index (χ4v) is 1.06. The maximum Gasteiger partial charge on any atom is 0.269 e. The fourth-order valence-electron chi connectivity index (χ4n) is 1.01. The minimum absolute atomic E-state index is 0.0611. The molecule has 0 bridgehead atoms. The number of hydrogen-bond donors (Lipinski definition) is 2. The van der Waals surface area contributed by atoms with E-state index in [4.69, 9.17) is 5.73 Å². The summed E-state index contributed by atoms with van der Waals surface area (Å²) in [5.74, 6) is 0. The van der Waals surface area contributed by atoms with Crippen LogP contribution in [0.25, 0.3) is 6.08 Å². The second kappa shape index (κ2) is 6.33. The Morgan fingerprint density at radius 3 is 2.65 bits per heavy atom. The van der Waals surface area contributed by atoms with E-state index in [2.05, 4.69) is 22.7 Å². The molecule has 17 heavy (non-hydrogen) atoms. The van der Waals surface area contributed by atoms with Gasteiger partial charge in [0, 0.05) is 18.3 Å². The number of nitro benzene ring substituents is 1. The molecule has 0 atom stereocenters. The Morgan fingerprint density at radius 2 is 2.12 bits per heavy atom. The highest BCUT2D eigenvalue weighted by Crippen LogP contribution is 2.12. The second-order valence-electron chi connectivity index (χ2n) is 2.96. The smallest absolute Gasteiger partial charge is 0.269 e. The van der Waals surface area contributed by atoms with Crippen LogP contribution in [0.3, 0.4) is 0 Å². The van der Waals surface area contributed by atoms with Crippen molar-refractivity contribution in [3.8, 4) is 0 Å². The molecule has 0 unspecified atom stereocenters. The van der Waals surface area contributed by atoms with Crippen molar-refractivity contribution in [3.63, 3.8) is 0 Å². The molecule has 0 saturated carbocycles. The third kappa shape index (κ3) is 4.85. The van der Waals surface area contributed by atoms with Crippen LogP contribution in [0.2, 0.25) is 0 Å². The first-order valence-corrected chi connectivity index (χ1v) is 5.00. The summed E-state index contributed by atoms with van der Waals surface area (Å²) in [7, 11) is 0. The quantitative estimate of drug-likeness (QED) is 0.365. The first-order chi connectivity index (χ1) is 8.09. The highest BCUT2D eigenvalue weighted by molar-refractivity contribution is 7.80. The molecule has 0 radical (unpaired) electrons. The lowest BCUT2D eigenvalue weighted by atomic mass is 10.2. The number of hydrazone groups is 1. The molecular weight excluding hydrogens is 240 g/mol. The van der Waals surface area contributed by atoms with E-state index in [0.29, 0.717) is 0 Å². The Balaban J connectivity index is 2.57. The van der Waals surface area contributed by atoms with E-state index in [-0.39, 0.29) is 10.8 Å². The molecule has 88 valence electrons. The molecule has 0 aromatic heterocycles. The highest BCUT2D eigenvalue weighted by Gasteiger charge is 2.01. The molecule has 0 aliphatic heterocycles. The lowest BCUT2D eigenvalue weighted by Gasteiger charge is -1.93. The lowest BCUT2D eigenvalue weighted by Crippen LogP contribution is -2.23. The summed E-state index contributed by atoms with van der Waals surface area (Å²) in [6.07, 6.45) is 4.88. The van der Waals surface area contributed by atoms with Crippen LogP contribution in [-0.2, 0) is 0 Å². The van der Waals surface area contributed by atoms with E-state index in [1.807, 2.05) is 0 Å². The third-order valence-corrected chi connectivity index (χ3v) is 1.82. The van der Waals surface area contributed by atoms with Gasteiger partial charge in [0.1, 0.15) is 0 Å². The van der Waals surface area contributed by atoms with E-state index in [1.165, 1.54) is 18.3 Å². The lowest BCUT2D eigenvalue weighted by molar-refractivity contribution is -0.384. The van der Waals surface area contributed by atoms with E-state index in [9.17, 15) is 10.1 Å². The predicted molar refractivity (Wildman–Crippen MR) is 70.5 cm³/mol. The molecule has 0 heterocycles. The van der Waals surface area contributed by atoms with Crippen LogP contribution in [0.4, 0.5) is 5.69 Å². The van der Waals surface area contributed by atoms with Gasteiger partial charge in [0.2, 0.25) is 0 Å². The summed E-state index contributed by atoms with van der Waals surface area (Å²) < 4.78 is 0. The maximum atomic E-state index is 10.4. The molecule has 0 saturated heterocycles. The Bertz CT molecular complexity index is 468. The number of non-ortho nitro benzene ring substituents is 1. The molecule has 6 nitrogen and oxygen atoms in total. The number of rotatable bonds is 4. The molecule has 0 amide bonds. The summed E-state index contributed by atoms with van der Waals surface area (Å²) in [5, 5.41) is 14.2. The van der Waals surface area contributed by atoms with Gasteiger partial charge in [-0.2, -0.15) is 5.10 Å². The van der Waals surface area contributed by atoms with Crippen LogP contribution in [0.1, 0.15) is 5.56 Å². The van der Waals surface area contributed by atoms with Gasteiger partial charge < -0.3 is 5.73 Å². The standard InChI is InChI=1S/C10H10N4O2S/c11-10(17)13-12-7-1-2-8-3-5-9(6-4-8)14(15)16/h1-7H,(H3,11,13,17)/b2-1+,12-7?. The van der Waals surface area contributed by atoms with Gasteiger partial charge in [0.25, 0.3) is 5.69 Å². The summed E-state index contributed by atoms with van der Waals surface area (Å²) in [5.41, 5.74) is 8.44. The van der Waals surface area contributed by atoms with E-state index in [0.717, 1.165) is 5.56 Å². The van der Waals surface area contributed by atoms with Gasteiger partial charge in [-0.1, -0.05) is 6.08 Å². The van der Waals surface area contributed by atoms with Gasteiger partial charge in [-0.05, 0) is 36.0 Å². The van der Waals surface area contributed by atoms with Crippen molar-refractivity contribution in [2.45, 2.75) is 0 Å². The van der Waals surface area contributed by atoms with Crippen LogP contribution < -0.4 is 11.2 Å². The van der Waals surface area contributed by atoms with Crippen LogP contribution in [-0.4, -0.2) is 16.3 Å². The van der Waals surface area contributed by atoms with Crippen molar-refractivity contribution in [1.82, 2.24) is 5.43 Å². The Kier molecular flexibility index (Phi) is 4.77. The number of hydrogen-bond acceptors (Lipinski definition) is 4. The van der Waals surface area contributed by atoms with Crippen molar-refractivity contribution in [3.05, 3.63) is 46.0 Å². The van der Waals surface area contributed by atoms with E-state index >= 15 is 0 Å². The number of nitro groups is 1. The zero-order valence-electron chi connectivity index (χ0n) is 8.74. The maximum absolute atomic E-state index is 10.4. The average molecular weight is 250 g/mol. The number of nitrogens with one attached hydrogen (secondary N) is 1. The number of benzene rings is 1. The van der Waals surface area contributed by atoms with Gasteiger partial charge in [-0.25, -0.2) is 0 Å². The highest BCUT2D eigenvalue weighted by atomic mass is 32.1. The zero-order valence-corrected chi connectivity index (χ0v) is 9.55. The van der Waals surface area contributed by atoms with Gasteiger partial charge >= 0.3 is 0 Å². The largest absolute Gasteiger partial charge is 0.375 e. The molecule has 0 aliphatic carbocycles. The van der Waals surface area contributed by atoms with Crippen molar-refractivity contribution in [2.24, 2.45) is 10.8 Å². The summed E-state index contributed by atoms with van der Waals surface area (Å²) in [4.78, 5) is 9.97. The minimum atomic E-state index is -0.443. The SMILES string of the molecule is NC(=S)NN=C/C=C/c1ccc([N+](=O)[O-])cc1. The number of allylic oxidation sites excluding steroid dienone is 1. The van der Waals surface area contributed by atoms with Crippen molar-refractivity contribution in [1.29, 1.82) is 0 Å². The van der Waals surface area contributed by atoms with Crippen LogP contribution in [0.5, 0.6) is 0 Å². The first kappa shape index (κ1) is 12.8. The third-order valence-electron chi connectivity index (χ3n) is 1.73. The Morgan fingerprint density at radius 1 is 1.47 bits per heavy atom. The first-order valence-electron chi connectivity index (χ1n) is 4.59. The van der Waals surface area contributed by atoms with Gasteiger partial charge in [-0.15, -0.1) is 0 Å². The van der Waals surface area contributed by atoms with Crippen molar-refractivity contribution >= 4 is 35.3 Å². The van der Waals surface area contributed by atoms with Crippen LogP contribution in [0.15, 0.2) is 35.4 Å². The predicted octanol–water partition coefficient (Wildman–Crippen LogP) is 1.43. The van der Waals surface area contributed by atoms with Crippen molar-refractivity contribution in [2.75, 3.05) is 0 Å². The monoisotopic (exact) mass is 250 g/mol. The molecule has 0 fully saturated rings. The average Bonchev–Trinajstić information content (AvgIpc) is 2.29. The summed E-state index contributed by atoms with van der Waals surface area (Å²) >= 11 is 4.54. The van der Waals surface area contributed by atoms with Crippen LogP contribution in [0, 0.1) is 10.1 Å². The zero-order chi connectivity index (χ0) is 12.7. The molecule has 0 spiro atoms. The van der Waals surface area contributed by atoms with E-state index < -0.39 is 4.92 Å². The molecule has 1 rings (SSSR count). The number of thiocarbonyl (C=S) groups is 1. The molecule has 3 N–H and O–H groups in total.